The number of aryl methyl sites for hydroxylation is 1. The van der Waals surface area contributed by atoms with Gasteiger partial charge in [-0.05, 0) is 42.3 Å². The Labute approximate surface area is 116 Å². The molecule has 0 bridgehead atoms. The van der Waals surface area contributed by atoms with Crippen molar-refractivity contribution >= 4 is 17.5 Å². The van der Waals surface area contributed by atoms with Crippen molar-refractivity contribution in [3.8, 4) is 0 Å². The Kier molecular flexibility index (Phi) is 4.74. The predicted molar refractivity (Wildman–Crippen MR) is 77.0 cm³/mol. The smallest absolute Gasteiger partial charge is 0.147 e. The average molecular weight is 274 g/mol. The molecule has 0 heterocycles. The molecule has 0 aromatic heterocycles. The molecular weight excluding hydrogens is 259 g/mol. The average Bonchev–Trinajstić information content (AvgIpc) is 2.42. The van der Waals surface area contributed by atoms with E-state index in [1.54, 1.807) is 6.07 Å². The van der Waals surface area contributed by atoms with E-state index in [2.05, 4.69) is 0 Å². The highest BCUT2D eigenvalue weighted by atomic mass is 32.2. The van der Waals surface area contributed by atoms with Crippen molar-refractivity contribution in [2.24, 2.45) is 0 Å². The van der Waals surface area contributed by atoms with Crippen LogP contribution in [0, 0.1) is 12.7 Å². The molecule has 98 valence electrons. The molecule has 0 atom stereocenters. The van der Waals surface area contributed by atoms with E-state index in [1.807, 2.05) is 37.3 Å². The molecule has 1 nitrogen and oxygen atoms in total. The molecule has 0 aliphatic rings. The van der Waals surface area contributed by atoms with Gasteiger partial charge in [-0.1, -0.05) is 24.3 Å². The van der Waals surface area contributed by atoms with Crippen LogP contribution in [0.2, 0.25) is 0 Å². The molecule has 0 unspecified atom stereocenters. The van der Waals surface area contributed by atoms with Crippen LogP contribution in [0.5, 0.6) is 0 Å². The topological polar surface area (TPSA) is 17.1 Å². The summed E-state index contributed by atoms with van der Waals surface area (Å²) in [7, 11) is 0. The molecule has 2 rings (SSSR count). The van der Waals surface area contributed by atoms with Crippen LogP contribution in [0.4, 0.5) is 4.39 Å². The normalized spacial score (nSPS) is 10.4. The largest absolute Gasteiger partial charge is 0.298 e. The van der Waals surface area contributed by atoms with Crippen LogP contribution >= 0.6 is 11.8 Å². The minimum Gasteiger partial charge on any atom is -0.298 e. The third-order valence-electron chi connectivity index (χ3n) is 2.84. The summed E-state index contributed by atoms with van der Waals surface area (Å²) in [5.41, 5.74) is 1.73. The van der Waals surface area contributed by atoms with E-state index >= 15 is 0 Å². The van der Waals surface area contributed by atoms with Crippen molar-refractivity contribution in [3.63, 3.8) is 0 Å². The third-order valence-corrected chi connectivity index (χ3v) is 3.91. The fourth-order valence-electron chi connectivity index (χ4n) is 1.77. The standard InChI is InChI=1S/C16H15FOS/c1-12-7-8-14(17)9-13(12)10-15(18)11-19-16-5-3-2-4-6-16/h2-9H,10-11H2,1H3. The fraction of sp³-hybridized carbons (Fsp3) is 0.188. The maximum Gasteiger partial charge on any atom is 0.147 e. The SMILES string of the molecule is Cc1ccc(F)cc1CC(=O)CSc1ccccc1. The number of carbonyl (C=O) groups is 1. The van der Waals surface area contributed by atoms with Gasteiger partial charge in [0.2, 0.25) is 0 Å². The predicted octanol–water partition coefficient (Wildman–Crippen LogP) is 4.04. The first-order chi connectivity index (χ1) is 9.15. The number of hydrogen-bond acceptors (Lipinski definition) is 2. The van der Waals surface area contributed by atoms with Crippen molar-refractivity contribution < 1.29 is 9.18 Å². The van der Waals surface area contributed by atoms with Crippen LogP contribution in [0.3, 0.4) is 0 Å². The first-order valence-electron chi connectivity index (χ1n) is 6.10. The number of halogens is 1. The number of rotatable bonds is 5. The second-order valence-corrected chi connectivity index (χ2v) is 5.44. The minimum atomic E-state index is -0.288. The summed E-state index contributed by atoms with van der Waals surface area (Å²) in [4.78, 5) is 13.0. The molecule has 0 N–H and O–H groups in total. The van der Waals surface area contributed by atoms with E-state index in [4.69, 9.17) is 0 Å². The summed E-state index contributed by atoms with van der Waals surface area (Å²) in [5.74, 6) is 0.242. The maximum atomic E-state index is 13.1. The van der Waals surface area contributed by atoms with Gasteiger partial charge in [0.15, 0.2) is 0 Å². The Morgan fingerprint density at radius 3 is 2.63 bits per heavy atom. The summed E-state index contributed by atoms with van der Waals surface area (Å²) in [6.45, 7) is 1.90. The molecule has 0 amide bonds. The van der Waals surface area contributed by atoms with E-state index in [-0.39, 0.29) is 11.6 Å². The Balaban J connectivity index is 1.93. The van der Waals surface area contributed by atoms with Crippen molar-refractivity contribution in [2.75, 3.05) is 5.75 Å². The first kappa shape index (κ1) is 13.8. The van der Waals surface area contributed by atoms with Crippen molar-refractivity contribution in [1.29, 1.82) is 0 Å². The monoisotopic (exact) mass is 274 g/mol. The first-order valence-corrected chi connectivity index (χ1v) is 7.08. The van der Waals surface area contributed by atoms with Gasteiger partial charge >= 0.3 is 0 Å². The second-order valence-electron chi connectivity index (χ2n) is 4.39. The van der Waals surface area contributed by atoms with E-state index < -0.39 is 0 Å². The molecule has 0 fully saturated rings. The van der Waals surface area contributed by atoms with Gasteiger partial charge in [0, 0.05) is 11.3 Å². The highest BCUT2D eigenvalue weighted by Crippen LogP contribution is 2.18. The minimum absolute atomic E-state index is 0.113. The summed E-state index contributed by atoms with van der Waals surface area (Å²) < 4.78 is 13.1. The van der Waals surface area contributed by atoms with Crippen LogP contribution in [0.25, 0.3) is 0 Å². The van der Waals surface area contributed by atoms with Gasteiger partial charge in [-0.3, -0.25) is 4.79 Å². The van der Waals surface area contributed by atoms with Crippen LogP contribution in [0.15, 0.2) is 53.4 Å². The lowest BCUT2D eigenvalue weighted by Gasteiger charge is -2.05. The van der Waals surface area contributed by atoms with Gasteiger partial charge in [0.1, 0.15) is 11.6 Å². The van der Waals surface area contributed by atoms with Crippen molar-refractivity contribution in [3.05, 3.63) is 65.5 Å². The number of ketones is 1. The Morgan fingerprint density at radius 2 is 1.89 bits per heavy atom. The number of carbonyl (C=O) groups excluding carboxylic acids is 1. The number of benzene rings is 2. The molecule has 0 radical (unpaired) electrons. The van der Waals surface area contributed by atoms with Gasteiger partial charge in [0.05, 0.1) is 5.75 Å². The lowest BCUT2D eigenvalue weighted by molar-refractivity contribution is -0.116. The van der Waals surface area contributed by atoms with Crippen molar-refractivity contribution in [2.45, 2.75) is 18.2 Å². The summed E-state index contributed by atoms with van der Waals surface area (Å²) in [5, 5.41) is 0. The number of hydrogen-bond donors (Lipinski definition) is 0. The van der Waals surface area contributed by atoms with E-state index in [0.29, 0.717) is 12.2 Å². The zero-order valence-electron chi connectivity index (χ0n) is 10.7. The van der Waals surface area contributed by atoms with Gasteiger partial charge in [-0.25, -0.2) is 4.39 Å². The second kappa shape index (κ2) is 6.53. The molecule has 0 saturated heterocycles. The molecule has 0 aliphatic heterocycles. The Morgan fingerprint density at radius 1 is 1.16 bits per heavy atom. The molecular formula is C16H15FOS. The Bertz CT molecular complexity index is 566. The highest BCUT2D eigenvalue weighted by molar-refractivity contribution is 8.00. The zero-order valence-corrected chi connectivity index (χ0v) is 11.5. The summed E-state index contributed by atoms with van der Waals surface area (Å²) in [6, 6.07) is 14.4. The summed E-state index contributed by atoms with van der Waals surface area (Å²) in [6.07, 6.45) is 0.295. The number of thioether (sulfide) groups is 1. The van der Waals surface area contributed by atoms with E-state index in [0.717, 1.165) is 16.0 Å². The van der Waals surface area contributed by atoms with Gasteiger partial charge < -0.3 is 0 Å². The van der Waals surface area contributed by atoms with Crippen LogP contribution in [-0.4, -0.2) is 11.5 Å². The molecule has 19 heavy (non-hydrogen) atoms. The number of Topliss-reactive ketones (excluding diaryl/α,β-unsaturated/α-hetero) is 1. The van der Waals surface area contributed by atoms with E-state index in [9.17, 15) is 9.18 Å². The molecule has 0 aliphatic carbocycles. The molecule has 0 spiro atoms. The van der Waals surface area contributed by atoms with Gasteiger partial charge in [-0.15, -0.1) is 11.8 Å². The molecule has 3 heteroatoms. The maximum absolute atomic E-state index is 13.1. The Hall–Kier alpha value is -1.61. The fourth-order valence-corrected chi connectivity index (χ4v) is 2.55. The van der Waals surface area contributed by atoms with Gasteiger partial charge in [-0.2, -0.15) is 0 Å². The molecule has 0 saturated carbocycles. The molecule has 2 aromatic carbocycles. The summed E-state index contributed by atoms with van der Waals surface area (Å²) >= 11 is 1.51. The quantitative estimate of drug-likeness (QED) is 0.765. The van der Waals surface area contributed by atoms with Crippen LogP contribution in [-0.2, 0) is 11.2 Å². The lowest BCUT2D eigenvalue weighted by Crippen LogP contribution is -2.07. The third kappa shape index (κ3) is 4.21. The van der Waals surface area contributed by atoms with Crippen molar-refractivity contribution in [1.82, 2.24) is 0 Å². The van der Waals surface area contributed by atoms with E-state index in [1.165, 1.54) is 23.9 Å². The highest BCUT2D eigenvalue weighted by Gasteiger charge is 2.08. The van der Waals surface area contributed by atoms with Crippen LogP contribution in [0.1, 0.15) is 11.1 Å². The lowest BCUT2D eigenvalue weighted by atomic mass is 10.0. The molecule has 2 aromatic rings. The zero-order chi connectivity index (χ0) is 13.7. The van der Waals surface area contributed by atoms with Gasteiger partial charge in [0.25, 0.3) is 0 Å². The van der Waals surface area contributed by atoms with Crippen LogP contribution < -0.4 is 0 Å².